The van der Waals surface area contributed by atoms with Gasteiger partial charge in [-0.05, 0) is 43.5 Å². The van der Waals surface area contributed by atoms with Crippen molar-refractivity contribution >= 4 is 28.7 Å². The Morgan fingerprint density at radius 3 is 2.64 bits per heavy atom. The number of aromatic nitrogens is 3. The summed E-state index contributed by atoms with van der Waals surface area (Å²) in [4.78, 5) is 29.1. The second-order valence-electron chi connectivity index (χ2n) is 8.42. The molecule has 1 saturated heterocycles. The van der Waals surface area contributed by atoms with Gasteiger partial charge < -0.3 is 16.0 Å². The maximum absolute atomic E-state index is 13.8. The smallest absolute Gasteiger partial charge is 0.382 e. The topological polar surface area (TPSA) is 100 Å². The molecule has 0 atom stereocenters. The summed E-state index contributed by atoms with van der Waals surface area (Å²) in [5.41, 5.74) is 6.11. The van der Waals surface area contributed by atoms with Crippen molar-refractivity contribution in [1.29, 1.82) is 0 Å². The number of thiazole rings is 1. The molecule has 2 aromatic heterocycles. The Balaban J connectivity index is 1.46. The standard InChI is InChI=1S/C24H24F3N7OS/c1-15-22(28)29-12-18(30-15)5-6-21-32-20(14-36-21)23(35)31-17-4-3-16(19(11-17)24(25,26)27)13-34-9-7-33(2)8-10-34/h3-4,11-12,14H,7-10,13H2,1-2H3,(H2,28,29)(H,31,35). The number of nitrogens with one attached hydrogen (secondary N) is 1. The molecule has 188 valence electrons. The van der Waals surface area contributed by atoms with Crippen molar-refractivity contribution in [1.82, 2.24) is 24.8 Å². The van der Waals surface area contributed by atoms with E-state index in [-0.39, 0.29) is 23.5 Å². The van der Waals surface area contributed by atoms with E-state index >= 15 is 0 Å². The largest absolute Gasteiger partial charge is 0.416 e. The summed E-state index contributed by atoms with van der Waals surface area (Å²) in [5.74, 6) is 5.30. The molecule has 0 spiro atoms. The first-order valence-corrected chi connectivity index (χ1v) is 12.0. The average molecular weight is 516 g/mol. The molecule has 0 saturated carbocycles. The molecule has 12 heteroatoms. The highest BCUT2D eigenvalue weighted by molar-refractivity contribution is 7.10. The van der Waals surface area contributed by atoms with Gasteiger partial charge in [-0.15, -0.1) is 11.3 Å². The van der Waals surface area contributed by atoms with Crippen LogP contribution in [0.4, 0.5) is 24.7 Å². The molecule has 3 N–H and O–H groups in total. The number of halogens is 3. The molecule has 3 aromatic rings. The number of benzene rings is 1. The van der Waals surface area contributed by atoms with E-state index < -0.39 is 17.6 Å². The number of anilines is 2. The van der Waals surface area contributed by atoms with Crippen LogP contribution in [0.5, 0.6) is 0 Å². The van der Waals surface area contributed by atoms with Gasteiger partial charge in [0.25, 0.3) is 5.91 Å². The third-order valence-electron chi connectivity index (χ3n) is 5.68. The predicted molar refractivity (Wildman–Crippen MR) is 131 cm³/mol. The molecule has 4 rings (SSSR count). The normalized spacial score (nSPS) is 14.8. The number of nitrogens with two attached hydrogens (primary N) is 1. The second kappa shape index (κ2) is 10.6. The summed E-state index contributed by atoms with van der Waals surface area (Å²) in [5, 5.41) is 4.36. The minimum Gasteiger partial charge on any atom is -0.382 e. The van der Waals surface area contributed by atoms with Gasteiger partial charge in [-0.1, -0.05) is 6.07 Å². The zero-order chi connectivity index (χ0) is 25.9. The molecule has 3 heterocycles. The zero-order valence-electron chi connectivity index (χ0n) is 19.7. The van der Waals surface area contributed by atoms with Gasteiger partial charge >= 0.3 is 6.18 Å². The first kappa shape index (κ1) is 25.6. The number of hydrogen-bond donors (Lipinski definition) is 2. The zero-order valence-corrected chi connectivity index (χ0v) is 20.5. The Morgan fingerprint density at radius 1 is 1.19 bits per heavy atom. The number of hydrogen-bond acceptors (Lipinski definition) is 8. The van der Waals surface area contributed by atoms with E-state index in [1.54, 1.807) is 6.92 Å². The number of rotatable bonds is 4. The van der Waals surface area contributed by atoms with E-state index in [1.807, 2.05) is 11.9 Å². The molecule has 1 fully saturated rings. The van der Waals surface area contributed by atoms with Gasteiger partial charge in [0, 0.05) is 43.8 Å². The first-order valence-electron chi connectivity index (χ1n) is 11.1. The molecule has 8 nitrogen and oxygen atoms in total. The number of carbonyl (C=O) groups excluding carboxylic acids is 1. The number of likely N-dealkylation sites (N-methyl/N-ethyl adjacent to an activating group) is 1. The van der Waals surface area contributed by atoms with E-state index in [4.69, 9.17) is 5.73 Å². The number of aryl methyl sites for hydroxylation is 1. The number of nitrogen functional groups attached to an aromatic ring is 1. The average Bonchev–Trinajstić information content (AvgIpc) is 3.31. The van der Waals surface area contributed by atoms with E-state index in [2.05, 4.69) is 37.0 Å². The number of alkyl halides is 3. The summed E-state index contributed by atoms with van der Waals surface area (Å²) in [7, 11) is 1.99. The lowest BCUT2D eigenvalue weighted by molar-refractivity contribution is -0.138. The monoisotopic (exact) mass is 515 g/mol. The number of amides is 1. The fourth-order valence-corrected chi connectivity index (χ4v) is 4.25. The molecule has 0 bridgehead atoms. The van der Waals surface area contributed by atoms with Crippen molar-refractivity contribution in [3.63, 3.8) is 0 Å². The van der Waals surface area contributed by atoms with Crippen LogP contribution < -0.4 is 11.1 Å². The van der Waals surface area contributed by atoms with E-state index in [1.165, 1.54) is 23.7 Å². The molecule has 1 amide bonds. The lowest BCUT2D eigenvalue weighted by Gasteiger charge is -2.33. The van der Waals surface area contributed by atoms with Crippen LogP contribution in [0.2, 0.25) is 0 Å². The van der Waals surface area contributed by atoms with Crippen LogP contribution in [-0.4, -0.2) is 63.9 Å². The highest BCUT2D eigenvalue weighted by Gasteiger charge is 2.34. The van der Waals surface area contributed by atoms with Crippen molar-refractivity contribution in [2.24, 2.45) is 0 Å². The van der Waals surface area contributed by atoms with Gasteiger partial charge in [-0.25, -0.2) is 15.0 Å². The van der Waals surface area contributed by atoms with Gasteiger partial charge in [-0.3, -0.25) is 9.69 Å². The molecule has 0 radical (unpaired) electrons. The van der Waals surface area contributed by atoms with Gasteiger partial charge in [0.05, 0.1) is 17.5 Å². The molecule has 0 unspecified atom stereocenters. The Bertz CT molecular complexity index is 1320. The van der Waals surface area contributed by atoms with Gasteiger partial charge in [0.1, 0.15) is 17.2 Å². The van der Waals surface area contributed by atoms with Crippen molar-refractivity contribution in [3.8, 4) is 11.8 Å². The maximum atomic E-state index is 13.8. The van der Waals surface area contributed by atoms with Crippen molar-refractivity contribution in [2.75, 3.05) is 44.3 Å². The van der Waals surface area contributed by atoms with Crippen LogP contribution in [0, 0.1) is 18.8 Å². The molecule has 0 aliphatic carbocycles. The Hall–Kier alpha value is -3.53. The fraction of sp³-hybridized carbons (Fsp3) is 0.333. The third-order valence-corrected chi connectivity index (χ3v) is 6.44. The molecular weight excluding hydrogens is 491 g/mol. The summed E-state index contributed by atoms with van der Waals surface area (Å²) in [6.07, 6.45) is -3.11. The van der Waals surface area contributed by atoms with E-state index in [0.29, 0.717) is 35.3 Å². The minimum atomic E-state index is -4.55. The Kier molecular flexibility index (Phi) is 7.53. The highest BCUT2D eigenvalue weighted by Crippen LogP contribution is 2.34. The summed E-state index contributed by atoms with van der Waals surface area (Å²) in [6, 6.07) is 3.87. The third kappa shape index (κ3) is 6.37. The second-order valence-corrected chi connectivity index (χ2v) is 9.28. The number of carbonyl (C=O) groups is 1. The van der Waals surface area contributed by atoms with Crippen molar-refractivity contribution in [2.45, 2.75) is 19.6 Å². The number of piperazine rings is 1. The van der Waals surface area contributed by atoms with Crippen LogP contribution in [0.3, 0.4) is 0 Å². The van der Waals surface area contributed by atoms with Crippen LogP contribution in [0.1, 0.15) is 38.0 Å². The SMILES string of the molecule is Cc1nc(C#Cc2nc(C(=O)Nc3ccc(CN4CCN(C)CC4)c(C(F)(F)F)c3)cs2)cnc1N. The van der Waals surface area contributed by atoms with E-state index in [9.17, 15) is 18.0 Å². The summed E-state index contributed by atoms with van der Waals surface area (Å²) < 4.78 is 41.4. The van der Waals surface area contributed by atoms with Crippen molar-refractivity contribution < 1.29 is 18.0 Å². The highest BCUT2D eigenvalue weighted by atomic mass is 32.1. The van der Waals surface area contributed by atoms with Crippen LogP contribution in [0.25, 0.3) is 0 Å². The molecular formula is C24H24F3N7OS. The van der Waals surface area contributed by atoms with Crippen LogP contribution >= 0.6 is 11.3 Å². The molecule has 1 aliphatic heterocycles. The first-order chi connectivity index (χ1) is 17.1. The Labute approximate surface area is 210 Å². The Morgan fingerprint density at radius 2 is 1.94 bits per heavy atom. The quantitative estimate of drug-likeness (QED) is 0.515. The lowest BCUT2D eigenvalue weighted by atomic mass is 10.0. The van der Waals surface area contributed by atoms with Crippen LogP contribution in [0.15, 0.2) is 29.8 Å². The van der Waals surface area contributed by atoms with Gasteiger partial charge in [0.15, 0.2) is 5.01 Å². The molecule has 1 aliphatic rings. The van der Waals surface area contributed by atoms with Crippen LogP contribution in [-0.2, 0) is 12.7 Å². The molecule has 36 heavy (non-hydrogen) atoms. The minimum absolute atomic E-state index is 0.0442. The van der Waals surface area contributed by atoms with Gasteiger partial charge in [0.2, 0.25) is 0 Å². The summed E-state index contributed by atoms with van der Waals surface area (Å²) >= 11 is 1.14. The maximum Gasteiger partial charge on any atom is 0.416 e. The number of nitrogens with zero attached hydrogens (tertiary/aromatic N) is 5. The molecule has 1 aromatic carbocycles. The lowest BCUT2D eigenvalue weighted by Crippen LogP contribution is -2.44. The fourth-order valence-electron chi connectivity index (χ4n) is 3.60. The van der Waals surface area contributed by atoms with Gasteiger partial charge in [-0.2, -0.15) is 13.2 Å². The summed E-state index contributed by atoms with van der Waals surface area (Å²) in [6.45, 7) is 4.92. The predicted octanol–water partition coefficient (Wildman–Crippen LogP) is 3.24. The van der Waals surface area contributed by atoms with Crippen molar-refractivity contribution in [3.05, 3.63) is 63.0 Å². The van der Waals surface area contributed by atoms with E-state index in [0.717, 1.165) is 30.5 Å².